The molecule has 0 saturated carbocycles. The third-order valence-electron chi connectivity index (χ3n) is 3.71. The Morgan fingerprint density at radius 3 is 2.89 bits per heavy atom. The maximum Gasteiger partial charge on any atom is 0.180 e. The molecule has 100 valence electrons. The zero-order valence-electron chi connectivity index (χ0n) is 11.3. The maximum atomic E-state index is 6.13. The van der Waals surface area contributed by atoms with Crippen molar-refractivity contribution >= 4 is 5.82 Å². The summed E-state index contributed by atoms with van der Waals surface area (Å²) in [5.74, 6) is 1.35. The Balaban J connectivity index is 2.09. The first-order chi connectivity index (χ1) is 9.29. The van der Waals surface area contributed by atoms with Crippen molar-refractivity contribution in [3.63, 3.8) is 0 Å². The number of fused-ring (bicyclic) bond motifs is 1. The number of hydrogen-bond acceptors (Lipinski definition) is 4. The molecule has 2 N–H and O–H groups in total. The second-order valence-corrected chi connectivity index (χ2v) is 4.95. The molecule has 1 aliphatic rings. The van der Waals surface area contributed by atoms with E-state index in [1.54, 1.807) is 6.20 Å². The quantitative estimate of drug-likeness (QED) is 0.837. The Bertz CT molecular complexity index is 588. The van der Waals surface area contributed by atoms with Crippen LogP contribution in [0.25, 0.3) is 11.5 Å². The second-order valence-electron chi connectivity index (χ2n) is 4.95. The minimum absolute atomic E-state index is 0.644. The Kier molecular flexibility index (Phi) is 3.19. The Morgan fingerprint density at radius 2 is 2.05 bits per heavy atom. The highest BCUT2D eigenvalue weighted by molar-refractivity contribution is 5.55. The van der Waals surface area contributed by atoms with Gasteiger partial charge in [-0.2, -0.15) is 5.10 Å². The molecule has 0 atom stereocenters. The molecule has 0 unspecified atom stereocenters. The van der Waals surface area contributed by atoms with Gasteiger partial charge in [-0.15, -0.1) is 0 Å². The summed E-state index contributed by atoms with van der Waals surface area (Å²) in [4.78, 5) is 9.22. The molecule has 0 spiro atoms. The lowest BCUT2D eigenvalue weighted by atomic mass is 10.1. The molecular formula is C14H19N5. The molecule has 0 bridgehead atoms. The number of aromatic nitrogens is 4. The summed E-state index contributed by atoms with van der Waals surface area (Å²) in [6.07, 6.45) is 7.43. The molecule has 0 radical (unpaired) electrons. The van der Waals surface area contributed by atoms with E-state index in [1.165, 1.54) is 19.3 Å². The molecule has 0 saturated heterocycles. The molecule has 0 amide bonds. The zero-order valence-corrected chi connectivity index (χ0v) is 11.3. The summed E-state index contributed by atoms with van der Waals surface area (Å²) >= 11 is 0. The van der Waals surface area contributed by atoms with Crippen molar-refractivity contribution in [3.8, 4) is 11.5 Å². The maximum absolute atomic E-state index is 6.13. The minimum Gasteiger partial charge on any atom is -0.383 e. The summed E-state index contributed by atoms with van der Waals surface area (Å²) in [6, 6.07) is 1.95. The van der Waals surface area contributed by atoms with E-state index >= 15 is 0 Å². The van der Waals surface area contributed by atoms with Gasteiger partial charge in [0.1, 0.15) is 11.5 Å². The normalized spacial score (nSPS) is 15.0. The molecule has 3 rings (SSSR count). The van der Waals surface area contributed by atoms with Crippen LogP contribution in [0.3, 0.4) is 0 Å². The summed E-state index contributed by atoms with van der Waals surface area (Å²) in [7, 11) is 0. The van der Waals surface area contributed by atoms with Crippen LogP contribution >= 0.6 is 0 Å². The van der Waals surface area contributed by atoms with Gasteiger partial charge in [0.05, 0.1) is 0 Å². The summed E-state index contributed by atoms with van der Waals surface area (Å²) in [5.41, 5.74) is 9.36. The van der Waals surface area contributed by atoms with Gasteiger partial charge in [-0.05, 0) is 38.7 Å². The third kappa shape index (κ3) is 2.20. The molecule has 0 aromatic carbocycles. The largest absolute Gasteiger partial charge is 0.383 e. The van der Waals surface area contributed by atoms with Crippen molar-refractivity contribution in [2.75, 3.05) is 5.73 Å². The number of nitrogens with two attached hydrogens (primary N) is 1. The number of aryl methyl sites for hydroxylation is 2. The molecule has 1 aliphatic carbocycles. The van der Waals surface area contributed by atoms with Gasteiger partial charge in [0.2, 0.25) is 0 Å². The van der Waals surface area contributed by atoms with Crippen LogP contribution in [0.15, 0.2) is 12.3 Å². The average Bonchev–Trinajstić information content (AvgIpc) is 2.76. The highest BCUT2D eigenvalue weighted by Gasteiger charge is 2.17. The molecule has 2 aromatic heterocycles. The zero-order chi connectivity index (χ0) is 13.2. The van der Waals surface area contributed by atoms with Crippen LogP contribution in [0.1, 0.15) is 37.4 Å². The van der Waals surface area contributed by atoms with Gasteiger partial charge >= 0.3 is 0 Å². The van der Waals surface area contributed by atoms with Crippen LogP contribution in [0.2, 0.25) is 0 Å². The molecule has 2 aromatic rings. The molecule has 19 heavy (non-hydrogen) atoms. The van der Waals surface area contributed by atoms with Crippen LogP contribution in [0.4, 0.5) is 5.82 Å². The monoisotopic (exact) mass is 257 g/mol. The highest BCUT2D eigenvalue weighted by Crippen LogP contribution is 2.26. The lowest BCUT2D eigenvalue weighted by Gasteiger charge is -2.11. The smallest absolute Gasteiger partial charge is 0.180 e. The molecular weight excluding hydrogens is 238 g/mol. The van der Waals surface area contributed by atoms with Crippen LogP contribution in [-0.2, 0) is 19.4 Å². The van der Waals surface area contributed by atoms with Gasteiger partial charge in [0, 0.05) is 24.0 Å². The van der Waals surface area contributed by atoms with E-state index in [-0.39, 0.29) is 0 Å². The van der Waals surface area contributed by atoms with Gasteiger partial charge in [-0.3, -0.25) is 4.68 Å². The average molecular weight is 257 g/mol. The number of rotatable bonds is 2. The van der Waals surface area contributed by atoms with E-state index in [0.29, 0.717) is 11.6 Å². The third-order valence-corrected chi connectivity index (χ3v) is 3.71. The SMILES string of the molecule is CCn1nccc1-c1nc(N)c2c(n1)CCCCC2. The van der Waals surface area contributed by atoms with Gasteiger partial charge in [0.15, 0.2) is 5.82 Å². The second kappa shape index (κ2) is 4.99. The first-order valence-electron chi connectivity index (χ1n) is 6.97. The first-order valence-corrected chi connectivity index (χ1v) is 6.97. The van der Waals surface area contributed by atoms with Crippen LogP contribution in [0.5, 0.6) is 0 Å². The standard InChI is InChI=1S/C14H19N5/c1-2-19-12(8-9-16-19)14-17-11-7-5-3-4-6-10(11)13(15)18-14/h8-9H,2-7H2,1H3,(H2,15,17,18). The lowest BCUT2D eigenvalue weighted by molar-refractivity contribution is 0.663. The topological polar surface area (TPSA) is 69.6 Å². The van der Waals surface area contributed by atoms with Crippen LogP contribution in [0, 0.1) is 0 Å². The lowest BCUT2D eigenvalue weighted by Crippen LogP contribution is -2.09. The summed E-state index contributed by atoms with van der Waals surface area (Å²) in [5, 5.41) is 4.27. The predicted octanol–water partition coefficient (Wildman–Crippen LogP) is 2.21. The van der Waals surface area contributed by atoms with Gasteiger partial charge < -0.3 is 5.73 Å². The van der Waals surface area contributed by atoms with E-state index in [4.69, 9.17) is 10.7 Å². The van der Waals surface area contributed by atoms with Crippen molar-refractivity contribution in [1.82, 2.24) is 19.7 Å². The molecule has 2 heterocycles. The molecule has 5 heteroatoms. The van der Waals surface area contributed by atoms with Crippen LogP contribution in [-0.4, -0.2) is 19.7 Å². The number of hydrogen-bond donors (Lipinski definition) is 1. The van der Waals surface area contributed by atoms with Crippen LogP contribution < -0.4 is 5.73 Å². The Labute approximate surface area is 112 Å². The predicted molar refractivity (Wildman–Crippen MR) is 74.6 cm³/mol. The minimum atomic E-state index is 0.644. The highest BCUT2D eigenvalue weighted by atomic mass is 15.3. The van der Waals surface area contributed by atoms with E-state index in [2.05, 4.69) is 17.0 Å². The molecule has 0 aliphatic heterocycles. The molecule has 5 nitrogen and oxygen atoms in total. The van der Waals surface area contributed by atoms with Gasteiger partial charge in [-0.25, -0.2) is 9.97 Å². The Morgan fingerprint density at radius 1 is 1.21 bits per heavy atom. The number of nitrogen functional groups attached to an aromatic ring is 1. The first kappa shape index (κ1) is 12.1. The summed E-state index contributed by atoms with van der Waals surface area (Å²) < 4.78 is 1.90. The van der Waals surface area contributed by atoms with Gasteiger partial charge in [-0.1, -0.05) is 6.42 Å². The number of anilines is 1. The summed E-state index contributed by atoms with van der Waals surface area (Å²) in [6.45, 7) is 2.87. The fourth-order valence-electron chi connectivity index (χ4n) is 2.69. The van der Waals surface area contributed by atoms with E-state index < -0.39 is 0 Å². The van der Waals surface area contributed by atoms with Crippen molar-refractivity contribution in [3.05, 3.63) is 23.5 Å². The van der Waals surface area contributed by atoms with E-state index in [9.17, 15) is 0 Å². The molecule has 0 fully saturated rings. The Hall–Kier alpha value is -1.91. The van der Waals surface area contributed by atoms with E-state index in [1.807, 2.05) is 10.7 Å². The fraction of sp³-hybridized carbons (Fsp3) is 0.500. The van der Waals surface area contributed by atoms with Gasteiger partial charge in [0.25, 0.3) is 0 Å². The number of nitrogens with zero attached hydrogens (tertiary/aromatic N) is 4. The van der Waals surface area contributed by atoms with Crippen molar-refractivity contribution in [2.45, 2.75) is 45.6 Å². The fourth-order valence-corrected chi connectivity index (χ4v) is 2.69. The van der Waals surface area contributed by atoms with Crippen molar-refractivity contribution in [1.29, 1.82) is 0 Å². The van der Waals surface area contributed by atoms with Crippen molar-refractivity contribution < 1.29 is 0 Å². The van der Waals surface area contributed by atoms with E-state index in [0.717, 1.165) is 36.3 Å². The van der Waals surface area contributed by atoms with Crippen molar-refractivity contribution in [2.24, 2.45) is 0 Å².